The Kier molecular flexibility index (Phi) is 3.26. The van der Waals surface area contributed by atoms with Gasteiger partial charge in [-0.05, 0) is 41.1 Å². The van der Waals surface area contributed by atoms with Gasteiger partial charge in [0.05, 0.1) is 0 Å². The van der Waals surface area contributed by atoms with E-state index in [-0.39, 0.29) is 0 Å². The zero-order chi connectivity index (χ0) is 10.7. The summed E-state index contributed by atoms with van der Waals surface area (Å²) in [6.45, 7) is 2.08. The molecular weight excluding hydrogens is 299 g/mol. The zero-order valence-electron chi connectivity index (χ0n) is 8.44. The molecule has 1 nitrogen and oxygen atoms in total. The third kappa shape index (κ3) is 2.72. The van der Waals surface area contributed by atoms with Crippen molar-refractivity contribution in [3.05, 3.63) is 57.7 Å². The SMILES string of the molecule is Cc1ccc(I)c([OH+]c2ccccc2)c1. The molecule has 76 valence electrons. The summed E-state index contributed by atoms with van der Waals surface area (Å²) in [5.74, 6) is 2.04. The van der Waals surface area contributed by atoms with Gasteiger partial charge in [-0.3, -0.25) is 0 Å². The molecule has 0 aliphatic carbocycles. The molecule has 2 aromatic carbocycles. The first-order valence-corrected chi connectivity index (χ1v) is 5.86. The van der Waals surface area contributed by atoms with Crippen molar-refractivity contribution in [3.8, 4) is 11.5 Å². The van der Waals surface area contributed by atoms with Crippen molar-refractivity contribution in [1.29, 1.82) is 0 Å². The third-order valence-electron chi connectivity index (χ3n) is 2.11. The third-order valence-corrected chi connectivity index (χ3v) is 3.02. The molecule has 0 aliphatic heterocycles. The van der Waals surface area contributed by atoms with Crippen molar-refractivity contribution in [2.45, 2.75) is 6.92 Å². The first-order valence-electron chi connectivity index (χ1n) is 4.78. The minimum Gasteiger partial charge on any atom is -0.545 e. The molecular formula is C13H12IO+. The lowest BCUT2D eigenvalue weighted by Crippen LogP contribution is -1.84. The number of aryl methyl sites for hydroxylation is 1. The number of hydrogen-bond donors (Lipinski definition) is 0. The summed E-state index contributed by atoms with van der Waals surface area (Å²) in [6.07, 6.45) is 0. The Balaban J connectivity index is 2.28. The van der Waals surface area contributed by atoms with Crippen LogP contribution in [0, 0.1) is 10.5 Å². The first kappa shape index (κ1) is 10.5. The van der Waals surface area contributed by atoms with E-state index in [1.807, 2.05) is 30.3 Å². The predicted octanol–water partition coefficient (Wildman–Crippen LogP) is 4.25. The van der Waals surface area contributed by atoms with Crippen molar-refractivity contribution in [2.75, 3.05) is 0 Å². The fraction of sp³-hybridized carbons (Fsp3) is 0.0769. The van der Waals surface area contributed by atoms with E-state index in [1.54, 1.807) is 0 Å². The molecule has 1 N–H and O–H groups in total. The van der Waals surface area contributed by atoms with Crippen molar-refractivity contribution in [2.24, 2.45) is 0 Å². The Morgan fingerprint density at radius 1 is 1.00 bits per heavy atom. The van der Waals surface area contributed by atoms with Gasteiger partial charge in [-0.15, -0.1) is 0 Å². The van der Waals surface area contributed by atoms with Gasteiger partial charge in [-0.25, -0.2) is 0 Å². The molecule has 15 heavy (non-hydrogen) atoms. The topological polar surface area (TPSA) is 12.8 Å². The lowest BCUT2D eigenvalue weighted by molar-refractivity contribution is 0.196. The molecule has 0 unspecified atom stereocenters. The van der Waals surface area contributed by atoms with E-state index in [2.05, 4.69) is 52.5 Å². The van der Waals surface area contributed by atoms with Crippen LogP contribution in [0.15, 0.2) is 48.5 Å². The Morgan fingerprint density at radius 3 is 2.47 bits per heavy atom. The van der Waals surface area contributed by atoms with Crippen LogP contribution in [0.2, 0.25) is 0 Å². The smallest absolute Gasteiger partial charge is 0.274 e. The summed E-state index contributed by atoms with van der Waals surface area (Å²) in [4.78, 5) is 0. The van der Waals surface area contributed by atoms with Crippen LogP contribution in [0.3, 0.4) is 0 Å². The maximum Gasteiger partial charge on any atom is 0.274 e. The second-order valence-corrected chi connectivity index (χ2v) is 4.56. The summed E-state index contributed by atoms with van der Waals surface area (Å²) in [7, 11) is 0. The first-order chi connectivity index (χ1) is 7.25. The summed E-state index contributed by atoms with van der Waals surface area (Å²) in [5, 5.41) is 0. The number of para-hydroxylation sites is 1. The van der Waals surface area contributed by atoms with E-state index in [9.17, 15) is 0 Å². The molecule has 0 fully saturated rings. The summed E-state index contributed by atoms with van der Waals surface area (Å²) in [5.41, 5.74) is 1.24. The Labute approximate surface area is 103 Å². The fourth-order valence-electron chi connectivity index (χ4n) is 1.35. The van der Waals surface area contributed by atoms with E-state index in [0.29, 0.717) is 0 Å². The fourth-order valence-corrected chi connectivity index (χ4v) is 1.81. The Morgan fingerprint density at radius 2 is 1.73 bits per heavy atom. The number of hydrogen-bond acceptors (Lipinski definition) is 0. The van der Waals surface area contributed by atoms with Crippen molar-refractivity contribution < 1.29 is 4.74 Å². The zero-order valence-corrected chi connectivity index (χ0v) is 10.6. The number of rotatable bonds is 2. The highest BCUT2D eigenvalue weighted by atomic mass is 127. The summed E-state index contributed by atoms with van der Waals surface area (Å²) < 4.78 is 5.78. The minimum atomic E-state index is 1.00. The monoisotopic (exact) mass is 311 g/mol. The molecule has 0 aliphatic rings. The average molecular weight is 311 g/mol. The number of ether oxygens (including phenoxy) is 1. The van der Waals surface area contributed by atoms with Crippen LogP contribution in [0.5, 0.6) is 11.5 Å². The molecule has 0 saturated heterocycles. The molecule has 0 spiro atoms. The highest BCUT2D eigenvalue weighted by molar-refractivity contribution is 14.1. The van der Waals surface area contributed by atoms with Crippen molar-refractivity contribution >= 4 is 22.6 Å². The van der Waals surface area contributed by atoms with Crippen molar-refractivity contribution in [3.63, 3.8) is 0 Å². The van der Waals surface area contributed by atoms with Gasteiger partial charge in [-0.2, -0.15) is 0 Å². The van der Waals surface area contributed by atoms with Crippen LogP contribution in [-0.4, -0.2) is 4.74 Å². The van der Waals surface area contributed by atoms with E-state index in [4.69, 9.17) is 0 Å². The van der Waals surface area contributed by atoms with Crippen LogP contribution in [-0.2, 0) is 0 Å². The predicted molar refractivity (Wildman–Crippen MR) is 71.4 cm³/mol. The van der Waals surface area contributed by atoms with Gasteiger partial charge in [0.25, 0.3) is 11.5 Å². The minimum absolute atomic E-state index is 1.00. The Bertz CT molecular complexity index is 451. The maximum atomic E-state index is 4.59. The molecule has 2 heteroatoms. The Hall–Kier alpha value is -1.03. The standard InChI is InChI=1S/C13H11IO/c1-10-7-8-12(14)13(9-10)15-11-5-3-2-4-6-11/h2-9H,1H3/p+1. The quantitative estimate of drug-likeness (QED) is 0.581. The van der Waals surface area contributed by atoms with Gasteiger partial charge < -0.3 is 4.74 Å². The van der Waals surface area contributed by atoms with Crippen LogP contribution >= 0.6 is 22.6 Å². The molecule has 0 bridgehead atoms. The normalized spacial score (nSPS) is 10.0. The second kappa shape index (κ2) is 4.66. The van der Waals surface area contributed by atoms with Crippen LogP contribution in [0.1, 0.15) is 5.56 Å². The molecule has 0 saturated carbocycles. The van der Waals surface area contributed by atoms with Gasteiger partial charge in [-0.1, -0.05) is 24.3 Å². The van der Waals surface area contributed by atoms with Crippen LogP contribution < -0.4 is 0 Å². The molecule has 0 amide bonds. The molecule has 0 atom stereocenters. The summed E-state index contributed by atoms with van der Waals surface area (Å²) >= 11 is 2.31. The lowest BCUT2D eigenvalue weighted by Gasteiger charge is -2.04. The number of benzene rings is 2. The summed E-state index contributed by atoms with van der Waals surface area (Å²) in [6, 6.07) is 16.3. The van der Waals surface area contributed by atoms with Gasteiger partial charge in [0.1, 0.15) is 3.57 Å². The molecule has 0 radical (unpaired) electrons. The van der Waals surface area contributed by atoms with Gasteiger partial charge in [0.2, 0.25) is 0 Å². The second-order valence-electron chi connectivity index (χ2n) is 3.40. The molecule has 2 aromatic rings. The number of halogens is 1. The van der Waals surface area contributed by atoms with Gasteiger partial charge >= 0.3 is 0 Å². The lowest BCUT2D eigenvalue weighted by atomic mass is 10.2. The maximum absolute atomic E-state index is 4.59. The van der Waals surface area contributed by atoms with Crippen LogP contribution in [0.4, 0.5) is 0 Å². The van der Waals surface area contributed by atoms with Crippen LogP contribution in [0.25, 0.3) is 0 Å². The van der Waals surface area contributed by atoms with E-state index in [0.717, 1.165) is 11.5 Å². The van der Waals surface area contributed by atoms with E-state index >= 15 is 0 Å². The van der Waals surface area contributed by atoms with Crippen molar-refractivity contribution in [1.82, 2.24) is 0 Å². The molecule has 0 aromatic heterocycles. The van der Waals surface area contributed by atoms with E-state index < -0.39 is 0 Å². The average Bonchev–Trinajstić information content (AvgIpc) is 2.25. The van der Waals surface area contributed by atoms with Gasteiger partial charge in [0, 0.05) is 18.2 Å². The largest absolute Gasteiger partial charge is 0.545 e. The number of aromatic hydroxyl groups is 2. The van der Waals surface area contributed by atoms with E-state index in [1.165, 1.54) is 9.13 Å². The van der Waals surface area contributed by atoms with Gasteiger partial charge in [0.15, 0.2) is 0 Å². The molecule has 0 heterocycles. The molecule has 2 rings (SSSR count). The highest BCUT2D eigenvalue weighted by Crippen LogP contribution is 2.28. The highest BCUT2D eigenvalue weighted by Gasteiger charge is 2.07.